The van der Waals surface area contributed by atoms with Gasteiger partial charge < -0.3 is 20.1 Å². The molecule has 146 valence electrons. The molecule has 0 spiro atoms. The number of rotatable bonds is 5. The maximum atomic E-state index is 5.42. The molecule has 2 heterocycles. The zero-order valence-corrected chi connectivity index (χ0v) is 18.0. The van der Waals surface area contributed by atoms with Crippen LogP contribution < -0.4 is 20.1 Å². The van der Waals surface area contributed by atoms with Crippen LogP contribution in [0.2, 0.25) is 0 Å². The zero-order valence-electron chi connectivity index (χ0n) is 15.6. The first-order valence-corrected chi connectivity index (χ1v) is 8.99. The number of ether oxygens (including phenoxy) is 2. The topological polar surface area (TPSA) is 67.8 Å². The van der Waals surface area contributed by atoms with Crippen molar-refractivity contribution in [1.29, 1.82) is 0 Å². The van der Waals surface area contributed by atoms with Gasteiger partial charge >= 0.3 is 0 Å². The maximum absolute atomic E-state index is 5.42. The van der Waals surface area contributed by atoms with E-state index in [1.165, 1.54) is 10.9 Å². The molecule has 0 bridgehead atoms. The Balaban J connectivity index is 0.00000225. The molecule has 2 aromatic carbocycles. The van der Waals surface area contributed by atoms with Gasteiger partial charge in [0.25, 0.3) is 0 Å². The summed E-state index contributed by atoms with van der Waals surface area (Å²) in [6.45, 7) is 1.68. The Labute approximate surface area is 181 Å². The van der Waals surface area contributed by atoms with Crippen molar-refractivity contribution in [3.05, 3.63) is 66.0 Å². The Bertz CT molecular complexity index is 972. The molecule has 1 aliphatic heterocycles. The first-order valence-electron chi connectivity index (χ1n) is 8.99. The molecule has 1 aliphatic rings. The van der Waals surface area contributed by atoms with Crippen LogP contribution in [-0.2, 0) is 13.0 Å². The van der Waals surface area contributed by atoms with E-state index in [-0.39, 0.29) is 24.0 Å². The average molecular weight is 490 g/mol. The summed E-state index contributed by atoms with van der Waals surface area (Å²) in [6.07, 6.45) is 2.71. The number of halogens is 1. The summed E-state index contributed by atoms with van der Waals surface area (Å²) in [5.74, 6) is 2.38. The van der Waals surface area contributed by atoms with Gasteiger partial charge in [0.15, 0.2) is 17.5 Å². The van der Waals surface area contributed by atoms with E-state index in [1.807, 2.05) is 36.5 Å². The van der Waals surface area contributed by atoms with Crippen LogP contribution in [0.25, 0.3) is 10.8 Å². The lowest BCUT2D eigenvalue weighted by atomic mass is 10.1. The Morgan fingerprint density at radius 3 is 2.82 bits per heavy atom. The number of nitrogens with one attached hydrogen (secondary N) is 2. The molecule has 6 nitrogen and oxygen atoms in total. The van der Waals surface area contributed by atoms with Crippen molar-refractivity contribution in [3.63, 3.8) is 0 Å². The highest BCUT2D eigenvalue weighted by Gasteiger charge is 2.13. The van der Waals surface area contributed by atoms with E-state index < -0.39 is 0 Å². The van der Waals surface area contributed by atoms with E-state index in [2.05, 4.69) is 38.8 Å². The summed E-state index contributed by atoms with van der Waals surface area (Å²) in [4.78, 5) is 8.80. The molecule has 3 aromatic rings. The van der Waals surface area contributed by atoms with Gasteiger partial charge in [-0.05, 0) is 35.6 Å². The number of aromatic nitrogens is 1. The second-order valence-corrected chi connectivity index (χ2v) is 6.27. The third-order valence-electron chi connectivity index (χ3n) is 4.55. The van der Waals surface area contributed by atoms with Crippen molar-refractivity contribution >= 4 is 40.7 Å². The summed E-state index contributed by atoms with van der Waals surface area (Å²) >= 11 is 0. The van der Waals surface area contributed by atoms with Crippen molar-refractivity contribution in [2.24, 2.45) is 4.99 Å². The van der Waals surface area contributed by atoms with Gasteiger partial charge in [0, 0.05) is 25.2 Å². The summed E-state index contributed by atoms with van der Waals surface area (Å²) in [5, 5.41) is 9.03. The highest BCUT2D eigenvalue weighted by atomic mass is 127. The van der Waals surface area contributed by atoms with Gasteiger partial charge in [0.1, 0.15) is 0 Å². The highest BCUT2D eigenvalue weighted by Crippen LogP contribution is 2.32. The number of guanidine groups is 1. The lowest BCUT2D eigenvalue weighted by molar-refractivity contribution is 0.174. The fourth-order valence-electron chi connectivity index (χ4n) is 3.13. The molecule has 2 N–H and O–H groups in total. The molecule has 0 fully saturated rings. The zero-order chi connectivity index (χ0) is 18.5. The largest absolute Gasteiger partial charge is 0.454 e. The van der Waals surface area contributed by atoms with E-state index in [4.69, 9.17) is 9.47 Å². The number of fused-ring (bicyclic) bond motifs is 2. The maximum Gasteiger partial charge on any atom is 0.231 e. The minimum atomic E-state index is 0. The number of aliphatic imine (C=N–C) groups is 1. The molecule has 0 radical (unpaired) electrons. The molecule has 0 atom stereocenters. The van der Waals surface area contributed by atoms with E-state index >= 15 is 0 Å². The molecular weight excluding hydrogens is 467 g/mol. The van der Waals surface area contributed by atoms with Gasteiger partial charge in [0.2, 0.25) is 6.79 Å². The molecule has 0 saturated carbocycles. The van der Waals surface area contributed by atoms with Gasteiger partial charge in [-0.2, -0.15) is 0 Å². The molecule has 7 heteroatoms. The standard InChI is InChI=1S/C21H22N4O2.HI/c1-22-21(24-10-8-15-6-7-19-20(12-15)27-14-26-19)25-13-18-17-5-3-2-4-16(17)9-11-23-18;/h2-7,9,11-12H,8,10,13-14H2,1H3,(H2,22,24,25);1H. The number of hydrogen-bond acceptors (Lipinski definition) is 4. The lowest BCUT2D eigenvalue weighted by Gasteiger charge is -2.13. The molecule has 0 saturated heterocycles. The van der Waals surface area contributed by atoms with Crippen LogP contribution in [0.1, 0.15) is 11.3 Å². The van der Waals surface area contributed by atoms with E-state index in [0.29, 0.717) is 13.3 Å². The normalized spacial score (nSPS) is 12.5. The van der Waals surface area contributed by atoms with E-state index in [0.717, 1.165) is 41.5 Å². The van der Waals surface area contributed by atoms with Crippen LogP contribution in [0.5, 0.6) is 11.5 Å². The van der Waals surface area contributed by atoms with Crippen molar-refractivity contribution in [2.75, 3.05) is 20.4 Å². The Kier molecular flexibility index (Phi) is 6.91. The van der Waals surface area contributed by atoms with Gasteiger partial charge in [0.05, 0.1) is 12.2 Å². The monoisotopic (exact) mass is 490 g/mol. The van der Waals surface area contributed by atoms with Gasteiger partial charge in [-0.15, -0.1) is 24.0 Å². The predicted octanol–water partition coefficient (Wildman–Crippen LogP) is 3.49. The van der Waals surface area contributed by atoms with E-state index in [1.54, 1.807) is 7.05 Å². The van der Waals surface area contributed by atoms with Crippen LogP contribution in [0.3, 0.4) is 0 Å². The molecule has 0 aliphatic carbocycles. The Morgan fingerprint density at radius 2 is 1.93 bits per heavy atom. The van der Waals surface area contributed by atoms with Gasteiger partial charge in [-0.25, -0.2) is 0 Å². The average Bonchev–Trinajstić information content (AvgIpc) is 3.18. The fraction of sp³-hybridized carbons (Fsp3) is 0.238. The fourth-order valence-corrected chi connectivity index (χ4v) is 3.13. The van der Waals surface area contributed by atoms with E-state index in [9.17, 15) is 0 Å². The Morgan fingerprint density at radius 1 is 1.07 bits per heavy atom. The van der Waals surface area contributed by atoms with Crippen LogP contribution in [0, 0.1) is 0 Å². The second kappa shape index (κ2) is 9.59. The summed E-state index contributed by atoms with van der Waals surface area (Å²) in [7, 11) is 1.77. The molecule has 4 rings (SSSR count). The summed E-state index contributed by atoms with van der Waals surface area (Å²) < 4.78 is 10.8. The number of pyridine rings is 1. The SMILES string of the molecule is CN=C(NCCc1ccc2c(c1)OCO2)NCc1nccc2ccccc12.I. The van der Waals surface area contributed by atoms with Crippen LogP contribution in [0.4, 0.5) is 0 Å². The lowest BCUT2D eigenvalue weighted by Crippen LogP contribution is -2.38. The number of hydrogen-bond donors (Lipinski definition) is 2. The first-order chi connectivity index (χ1) is 13.3. The molecule has 0 amide bonds. The molecule has 1 aromatic heterocycles. The molecular formula is C21H23IN4O2. The predicted molar refractivity (Wildman–Crippen MR) is 122 cm³/mol. The first kappa shape index (κ1) is 20.2. The van der Waals surface area contributed by atoms with Crippen LogP contribution in [-0.4, -0.2) is 31.3 Å². The van der Waals surface area contributed by atoms with Gasteiger partial charge in [-0.3, -0.25) is 9.98 Å². The van der Waals surface area contributed by atoms with Crippen molar-refractivity contribution in [2.45, 2.75) is 13.0 Å². The van der Waals surface area contributed by atoms with Gasteiger partial charge in [-0.1, -0.05) is 30.3 Å². The quantitative estimate of drug-likeness (QED) is 0.326. The summed E-state index contributed by atoms with van der Waals surface area (Å²) in [6, 6.07) is 16.3. The molecule has 28 heavy (non-hydrogen) atoms. The number of nitrogens with zero attached hydrogens (tertiary/aromatic N) is 2. The van der Waals surface area contributed by atoms with Crippen molar-refractivity contribution < 1.29 is 9.47 Å². The third-order valence-corrected chi connectivity index (χ3v) is 4.55. The minimum absolute atomic E-state index is 0. The van der Waals surface area contributed by atoms with Crippen LogP contribution >= 0.6 is 24.0 Å². The Hall–Kier alpha value is -2.55. The number of benzene rings is 2. The second-order valence-electron chi connectivity index (χ2n) is 6.27. The molecule has 0 unspecified atom stereocenters. The third kappa shape index (κ3) is 4.64. The highest BCUT2D eigenvalue weighted by molar-refractivity contribution is 14.0. The minimum Gasteiger partial charge on any atom is -0.454 e. The van der Waals surface area contributed by atoms with Crippen molar-refractivity contribution in [1.82, 2.24) is 15.6 Å². The smallest absolute Gasteiger partial charge is 0.231 e. The van der Waals surface area contributed by atoms with Crippen molar-refractivity contribution in [3.8, 4) is 11.5 Å². The van der Waals surface area contributed by atoms with Crippen LogP contribution in [0.15, 0.2) is 59.7 Å². The summed E-state index contributed by atoms with van der Waals surface area (Å²) in [5.41, 5.74) is 2.20.